The van der Waals surface area contributed by atoms with Gasteiger partial charge in [-0.1, -0.05) is 36.8 Å². The molecule has 142 valence electrons. The second-order valence-electron chi connectivity index (χ2n) is 6.88. The second kappa shape index (κ2) is 11.0. The Balaban J connectivity index is 0.00000156. The van der Waals surface area contributed by atoms with Crippen molar-refractivity contribution in [3.63, 3.8) is 0 Å². The van der Waals surface area contributed by atoms with E-state index < -0.39 is 0 Å². The van der Waals surface area contributed by atoms with E-state index in [1.54, 1.807) is 0 Å². The number of carbonyl (C=O) groups excluding carboxylic acids is 1. The lowest BCUT2D eigenvalue weighted by Gasteiger charge is -2.40. The zero-order chi connectivity index (χ0) is 16.1. The summed E-state index contributed by atoms with van der Waals surface area (Å²) in [5.41, 5.74) is 1.30. The summed E-state index contributed by atoms with van der Waals surface area (Å²) in [7, 11) is 2.00. The number of amides is 1. The Hall–Kier alpha value is -0.810. The van der Waals surface area contributed by atoms with Crippen LogP contribution in [-0.2, 0) is 11.3 Å². The van der Waals surface area contributed by atoms with Crippen LogP contribution in [0.3, 0.4) is 0 Å². The molecule has 2 aliphatic heterocycles. The topological polar surface area (TPSA) is 35.6 Å². The normalized spacial score (nSPS) is 24.1. The molecule has 0 aliphatic carbocycles. The highest BCUT2D eigenvalue weighted by Gasteiger charge is 2.33. The summed E-state index contributed by atoms with van der Waals surface area (Å²) in [6, 6.07) is 11.1. The maximum Gasteiger partial charge on any atom is 0.239 e. The lowest BCUT2D eigenvalue weighted by Crippen LogP contribution is -2.55. The second-order valence-corrected chi connectivity index (χ2v) is 6.88. The fourth-order valence-corrected chi connectivity index (χ4v) is 3.90. The predicted molar refractivity (Wildman–Crippen MR) is 108 cm³/mol. The van der Waals surface area contributed by atoms with Crippen molar-refractivity contribution in [2.45, 2.75) is 50.7 Å². The van der Waals surface area contributed by atoms with Crippen LogP contribution in [0.4, 0.5) is 0 Å². The minimum atomic E-state index is 0. The van der Waals surface area contributed by atoms with Crippen molar-refractivity contribution < 1.29 is 4.79 Å². The third-order valence-electron chi connectivity index (χ3n) is 5.27. The van der Waals surface area contributed by atoms with Gasteiger partial charge in [0.1, 0.15) is 0 Å². The van der Waals surface area contributed by atoms with E-state index in [0.29, 0.717) is 11.9 Å². The number of piperidine rings is 2. The average Bonchev–Trinajstić information content (AvgIpc) is 2.62. The minimum Gasteiger partial charge on any atom is -0.340 e. The van der Waals surface area contributed by atoms with Gasteiger partial charge in [-0.3, -0.25) is 9.69 Å². The van der Waals surface area contributed by atoms with E-state index in [1.165, 1.54) is 24.8 Å². The molecule has 2 aliphatic rings. The number of hydrogen-bond donors (Lipinski definition) is 1. The van der Waals surface area contributed by atoms with Crippen LogP contribution in [0, 0.1) is 0 Å². The van der Waals surface area contributed by atoms with Crippen LogP contribution < -0.4 is 5.32 Å². The Bertz CT molecular complexity index is 515. The van der Waals surface area contributed by atoms with E-state index in [-0.39, 0.29) is 30.9 Å². The van der Waals surface area contributed by atoms with Crippen molar-refractivity contribution in [2.24, 2.45) is 0 Å². The lowest BCUT2D eigenvalue weighted by atomic mass is 9.98. The number of rotatable bonds is 4. The number of nitrogens with one attached hydrogen (secondary N) is 1. The molecule has 0 radical (unpaired) electrons. The minimum absolute atomic E-state index is 0. The van der Waals surface area contributed by atoms with Crippen LogP contribution in [-0.4, -0.2) is 54.5 Å². The first-order chi connectivity index (χ1) is 11.3. The van der Waals surface area contributed by atoms with E-state index in [1.807, 2.05) is 13.1 Å². The Morgan fingerprint density at radius 3 is 2.56 bits per heavy atom. The summed E-state index contributed by atoms with van der Waals surface area (Å²) >= 11 is 0. The molecule has 1 amide bonds. The summed E-state index contributed by atoms with van der Waals surface area (Å²) in [5, 5.41) is 3.34. The van der Waals surface area contributed by atoms with E-state index in [2.05, 4.69) is 39.4 Å². The molecule has 1 aromatic carbocycles. The number of benzene rings is 1. The SMILES string of the molecule is CNC1CCCN(C(=O)C2CCCCN2Cc2ccccc2)C1.Cl.Cl. The van der Waals surface area contributed by atoms with Crippen molar-refractivity contribution in [3.05, 3.63) is 35.9 Å². The highest BCUT2D eigenvalue weighted by molar-refractivity contribution is 5.85. The fraction of sp³-hybridized carbons (Fsp3) is 0.632. The molecule has 3 rings (SSSR count). The molecule has 2 saturated heterocycles. The molecule has 2 fully saturated rings. The molecule has 2 unspecified atom stereocenters. The fourth-order valence-electron chi connectivity index (χ4n) is 3.90. The largest absolute Gasteiger partial charge is 0.340 e. The van der Waals surface area contributed by atoms with Gasteiger partial charge in [-0.05, 0) is 44.8 Å². The average molecular weight is 388 g/mol. The van der Waals surface area contributed by atoms with Gasteiger partial charge in [-0.25, -0.2) is 0 Å². The Morgan fingerprint density at radius 1 is 1.08 bits per heavy atom. The molecule has 1 N–H and O–H groups in total. The Labute approximate surface area is 164 Å². The first-order valence-electron chi connectivity index (χ1n) is 9.02. The summed E-state index contributed by atoms with van der Waals surface area (Å²) in [6.45, 7) is 3.72. The quantitative estimate of drug-likeness (QED) is 0.861. The highest BCUT2D eigenvalue weighted by Crippen LogP contribution is 2.23. The van der Waals surface area contributed by atoms with Crippen molar-refractivity contribution in [1.29, 1.82) is 0 Å². The molecule has 6 heteroatoms. The Morgan fingerprint density at radius 2 is 1.84 bits per heavy atom. The third kappa shape index (κ3) is 5.85. The van der Waals surface area contributed by atoms with Crippen LogP contribution in [0.1, 0.15) is 37.7 Å². The van der Waals surface area contributed by atoms with Crippen LogP contribution >= 0.6 is 24.8 Å². The van der Waals surface area contributed by atoms with E-state index >= 15 is 0 Å². The van der Waals surface area contributed by atoms with E-state index in [4.69, 9.17) is 0 Å². The molecule has 4 nitrogen and oxygen atoms in total. The van der Waals surface area contributed by atoms with Gasteiger partial charge in [0.25, 0.3) is 0 Å². The molecule has 25 heavy (non-hydrogen) atoms. The van der Waals surface area contributed by atoms with Gasteiger partial charge in [0, 0.05) is 25.7 Å². The standard InChI is InChI=1S/C19H29N3O.2ClH/c1-20-17-10-7-13-22(15-17)19(23)18-11-5-6-12-21(18)14-16-8-3-2-4-9-16;;/h2-4,8-9,17-18,20H,5-7,10-15H2,1H3;2*1H. The first-order valence-corrected chi connectivity index (χ1v) is 9.02. The van der Waals surface area contributed by atoms with Crippen LogP contribution in [0.15, 0.2) is 30.3 Å². The number of hydrogen-bond acceptors (Lipinski definition) is 3. The van der Waals surface area contributed by atoms with Crippen LogP contribution in [0.5, 0.6) is 0 Å². The lowest BCUT2D eigenvalue weighted by molar-refractivity contribution is -0.140. The van der Waals surface area contributed by atoms with E-state index in [9.17, 15) is 4.79 Å². The number of carbonyl (C=O) groups is 1. The van der Waals surface area contributed by atoms with Crippen molar-refractivity contribution in [3.8, 4) is 0 Å². The molecule has 2 atom stereocenters. The first kappa shape index (κ1) is 22.2. The van der Waals surface area contributed by atoms with Gasteiger partial charge >= 0.3 is 0 Å². The van der Waals surface area contributed by atoms with Gasteiger partial charge in [0.2, 0.25) is 5.91 Å². The molecular weight excluding hydrogens is 357 g/mol. The van der Waals surface area contributed by atoms with Crippen molar-refractivity contribution in [2.75, 3.05) is 26.7 Å². The number of likely N-dealkylation sites (N-methyl/N-ethyl adjacent to an activating group) is 1. The zero-order valence-corrected chi connectivity index (χ0v) is 16.7. The smallest absolute Gasteiger partial charge is 0.239 e. The molecule has 0 spiro atoms. The van der Waals surface area contributed by atoms with Gasteiger partial charge in [-0.15, -0.1) is 24.8 Å². The molecule has 2 heterocycles. The predicted octanol–water partition coefficient (Wildman–Crippen LogP) is 3.10. The Kier molecular flexibility index (Phi) is 9.80. The van der Waals surface area contributed by atoms with Crippen molar-refractivity contribution in [1.82, 2.24) is 15.1 Å². The van der Waals surface area contributed by atoms with E-state index in [0.717, 1.165) is 39.0 Å². The summed E-state index contributed by atoms with van der Waals surface area (Å²) in [5.74, 6) is 0.348. The molecule has 0 saturated carbocycles. The molecular formula is C19H31Cl2N3O. The third-order valence-corrected chi connectivity index (χ3v) is 5.27. The molecule has 0 aromatic heterocycles. The summed E-state index contributed by atoms with van der Waals surface area (Å²) in [6.07, 6.45) is 5.68. The van der Waals surface area contributed by atoms with Gasteiger partial charge in [0.15, 0.2) is 0 Å². The zero-order valence-electron chi connectivity index (χ0n) is 15.0. The number of halogens is 2. The monoisotopic (exact) mass is 387 g/mol. The number of nitrogens with zero attached hydrogens (tertiary/aromatic N) is 2. The summed E-state index contributed by atoms with van der Waals surface area (Å²) in [4.78, 5) is 17.6. The molecule has 1 aromatic rings. The van der Waals surface area contributed by atoms with Gasteiger partial charge in [-0.2, -0.15) is 0 Å². The highest BCUT2D eigenvalue weighted by atomic mass is 35.5. The van der Waals surface area contributed by atoms with Gasteiger partial charge in [0.05, 0.1) is 6.04 Å². The van der Waals surface area contributed by atoms with Gasteiger partial charge < -0.3 is 10.2 Å². The maximum absolute atomic E-state index is 13.1. The summed E-state index contributed by atoms with van der Waals surface area (Å²) < 4.78 is 0. The number of likely N-dealkylation sites (tertiary alicyclic amines) is 2. The van der Waals surface area contributed by atoms with Crippen molar-refractivity contribution >= 4 is 30.7 Å². The molecule has 0 bridgehead atoms. The van der Waals surface area contributed by atoms with Crippen LogP contribution in [0.25, 0.3) is 0 Å². The maximum atomic E-state index is 13.1. The van der Waals surface area contributed by atoms with Crippen LogP contribution in [0.2, 0.25) is 0 Å².